The standard InChI is InChI=1S/C23H27N7O/c1-16-7-6-9-20(25-16)27-21-13-17(2)26-23(28-21)19-8-4-5-12-30(19)22(31)11-10-18-14-24-29(3)15-18/h6-7,9-11,13-15,19H,4-5,8,12H2,1-3H3,(H,25,26,27,28)/b11-10+/t19-/m0/s1. The van der Waals surface area contributed by atoms with E-state index in [9.17, 15) is 4.79 Å². The number of hydrogen-bond acceptors (Lipinski definition) is 6. The molecule has 1 atom stereocenters. The maximum absolute atomic E-state index is 13.0. The molecule has 1 N–H and O–H groups in total. The molecule has 1 aliphatic rings. The molecule has 160 valence electrons. The van der Waals surface area contributed by atoms with Gasteiger partial charge in [-0.3, -0.25) is 9.48 Å². The van der Waals surface area contributed by atoms with E-state index >= 15 is 0 Å². The van der Waals surface area contributed by atoms with Crippen molar-refractivity contribution in [3.63, 3.8) is 0 Å². The van der Waals surface area contributed by atoms with E-state index in [1.54, 1.807) is 23.0 Å². The number of hydrogen-bond donors (Lipinski definition) is 1. The number of anilines is 2. The van der Waals surface area contributed by atoms with Crippen LogP contribution in [0.4, 0.5) is 11.6 Å². The molecule has 0 aromatic carbocycles. The Labute approximate surface area is 182 Å². The lowest BCUT2D eigenvalue weighted by Crippen LogP contribution is -2.38. The Morgan fingerprint density at radius 1 is 1.13 bits per heavy atom. The highest BCUT2D eigenvalue weighted by atomic mass is 16.2. The first-order chi connectivity index (χ1) is 15.0. The van der Waals surface area contributed by atoms with E-state index in [0.717, 1.165) is 42.0 Å². The summed E-state index contributed by atoms with van der Waals surface area (Å²) < 4.78 is 1.71. The van der Waals surface area contributed by atoms with Crippen molar-refractivity contribution in [3.05, 3.63) is 65.5 Å². The van der Waals surface area contributed by atoms with Gasteiger partial charge in [0, 0.05) is 48.9 Å². The number of aromatic nitrogens is 5. The lowest BCUT2D eigenvalue weighted by Gasteiger charge is -2.34. The quantitative estimate of drug-likeness (QED) is 0.636. The molecule has 4 rings (SSSR count). The largest absolute Gasteiger partial charge is 0.329 e. The third kappa shape index (κ3) is 5.14. The molecule has 1 aliphatic heterocycles. The maximum atomic E-state index is 13.0. The highest BCUT2D eigenvalue weighted by Gasteiger charge is 2.29. The number of nitrogens with one attached hydrogen (secondary N) is 1. The lowest BCUT2D eigenvalue weighted by molar-refractivity contribution is -0.129. The van der Waals surface area contributed by atoms with E-state index in [1.807, 2.05) is 56.3 Å². The number of piperidine rings is 1. The van der Waals surface area contributed by atoms with Crippen LogP contribution in [0.3, 0.4) is 0 Å². The van der Waals surface area contributed by atoms with Crippen LogP contribution in [0.2, 0.25) is 0 Å². The Morgan fingerprint density at radius 3 is 2.77 bits per heavy atom. The maximum Gasteiger partial charge on any atom is 0.247 e. The van der Waals surface area contributed by atoms with Gasteiger partial charge in [-0.2, -0.15) is 5.10 Å². The molecule has 1 amide bonds. The average Bonchev–Trinajstić information content (AvgIpc) is 3.17. The number of aryl methyl sites for hydroxylation is 3. The molecular formula is C23H27N7O. The number of pyridine rings is 1. The normalized spacial score (nSPS) is 16.6. The van der Waals surface area contributed by atoms with Gasteiger partial charge < -0.3 is 10.2 Å². The smallest absolute Gasteiger partial charge is 0.247 e. The fourth-order valence-corrected chi connectivity index (χ4v) is 3.80. The molecule has 0 aliphatic carbocycles. The first-order valence-electron chi connectivity index (χ1n) is 10.5. The van der Waals surface area contributed by atoms with Crippen LogP contribution >= 0.6 is 0 Å². The van der Waals surface area contributed by atoms with E-state index in [2.05, 4.69) is 20.4 Å². The predicted octanol–water partition coefficient (Wildman–Crippen LogP) is 3.73. The van der Waals surface area contributed by atoms with Gasteiger partial charge in [-0.15, -0.1) is 0 Å². The van der Waals surface area contributed by atoms with Gasteiger partial charge in [-0.05, 0) is 51.3 Å². The minimum absolute atomic E-state index is 0.0338. The molecular weight excluding hydrogens is 390 g/mol. The SMILES string of the molecule is Cc1cccc(Nc2cc(C)nc([C@@H]3CCCCN3C(=O)/C=C/c3cnn(C)c3)n2)n1. The highest BCUT2D eigenvalue weighted by molar-refractivity contribution is 5.92. The van der Waals surface area contributed by atoms with E-state index in [0.29, 0.717) is 18.2 Å². The summed E-state index contributed by atoms with van der Waals surface area (Å²) in [5.74, 6) is 2.05. The van der Waals surface area contributed by atoms with Gasteiger partial charge in [-0.25, -0.2) is 15.0 Å². The molecule has 8 heteroatoms. The second kappa shape index (κ2) is 9.07. The molecule has 31 heavy (non-hydrogen) atoms. The van der Waals surface area contributed by atoms with Crippen LogP contribution in [0.1, 0.15) is 48.1 Å². The summed E-state index contributed by atoms with van der Waals surface area (Å²) >= 11 is 0. The second-order valence-electron chi connectivity index (χ2n) is 7.87. The molecule has 0 radical (unpaired) electrons. The summed E-state index contributed by atoms with van der Waals surface area (Å²) in [5, 5.41) is 7.41. The molecule has 0 unspecified atom stereocenters. The summed E-state index contributed by atoms with van der Waals surface area (Å²) in [7, 11) is 1.85. The summed E-state index contributed by atoms with van der Waals surface area (Å²) in [4.78, 5) is 28.8. The van der Waals surface area contributed by atoms with Gasteiger partial charge in [0.15, 0.2) is 5.82 Å². The number of carbonyl (C=O) groups excluding carboxylic acids is 1. The van der Waals surface area contributed by atoms with Gasteiger partial charge in [0.05, 0.1) is 12.2 Å². The van der Waals surface area contributed by atoms with Crippen molar-refractivity contribution in [1.29, 1.82) is 0 Å². The predicted molar refractivity (Wildman–Crippen MR) is 120 cm³/mol. The van der Waals surface area contributed by atoms with Crippen LogP contribution in [0.15, 0.2) is 42.7 Å². The summed E-state index contributed by atoms with van der Waals surface area (Å²) in [6.45, 7) is 4.59. The van der Waals surface area contributed by atoms with Gasteiger partial charge in [0.1, 0.15) is 11.6 Å². The van der Waals surface area contributed by atoms with Crippen LogP contribution in [0.5, 0.6) is 0 Å². The van der Waals surface area contributed by atoms with E-state index in [1.165, 1.54) is 0 Å². The van der Waals surface area contributed by atoms with E-state index in [-0.39, 0.29) is 11.9 Å². The Balaban J connectivity index is 1.56. The van der Waals surface area contributed by atoms with Gasteiger partial charge in [0.2, 0.25) is 5.91 Å². The number of rotatable bonds is 5. The van der Waals surface area contributed by atoms with Crippen LogP contribution < -0.4 is 5.32 Å². The molecule has 3 aromatic heterocycles. The van der Waals surface area contributed by atoms with Crippen LogP contribution in [-0.2, 0) is 11.8 Å². The van der Waals surface area contributed by atoms with Gasteiger partial charge in [0.25, 0.3) is 0 Å². The van der Waals surface area contributed by atoms with Crippen molar-refractivity contribution in [3.8, 4) is 0 Å². The zero-order chi connectivity index (χ0) is 21.8. The van der Waals surface area contributed by atoms with Crippen LogP contribution in [-0.4, -0.2) is 42.1 Å². The first kappa shape index (κ1) is 20.7. The third-order valence-electron chi connectivity index (χ3n) is 5.24. The Bertz CT molecular complexity index is 1100. The monoisotopic (exact) mass is 417 g/mol. The van der Waals surface area contributed by atoms with Crippen LogP contribution in [0.25, 0.3) is 6.08 Å². The number of amides is 1. The van der Waals surface area contributed by atoms with Gasteiger partial charge in [-0.1, -0.05) is 6.07 Å². The van der Waals surface area contributed by atoms with E-state index < -0.39 is 0 Å². The van der Waals surface area contributed by atoms with Crippen molar-refractivity contribution in [2.45, 2.75) is 39.2 Å². The van der Waals surface area contributed by atoms with Crippen molar-refractivity contribution < 1.29 is 4.79 Å². The van der Waals surface area contributed by atoms with Crippen molar-refractivity contribution >= 4 is 23.6 Å². The summed E-state index contributed by atoms with van der Waals surface area (Å²) in [6.07, 6.45) is 9.89. The second-order valence-corrected chi connectivity index (χ2v) is 7.87. The lowest BCUT2D eigenvalue weighted by atomic mass is 10.0. The van der Waals surface area contributed by atoms with Crippen LogP contribution in [0, 0.1) is 13.8 Å². The molecule has 1 fully saturated rings. The molecule has 0 saturated carbocycles. The van der Waals surface area contributed by atoms with Gasteiger partial charge >= 0.3 is 0 Å². The van der Waals surface area contributed by atoms with Crippen molar-refractivity contribution in [2.24, 2.45) is 7.05 Å². The molecule has 8 nitrogen and oxygen atoms in total. The van der Waals surface area contributed by atoms with Crippen molar-refractivity contribution in [1.82, 2.24) is 29.6 Å². The molecule has 1 saturated heterocycles. The minimum atomic E-state index is -0.147. The zero-order valence-corrected chi connectivity index (χ0v) is 18.1. The Morgan fingerprint density at radius 2 is 2.00 bits per heavy atom. The number of nitrogens with zero attached hydrogens (tertiary/aromatic N) is 6. The molecule has 0 spiro atoms. The summed E-state index contributed by atoms with van der Waals surface area (Å²) in [5.41, 5.74) is 2.68. The zero-order valence-electron chi connectivity index (χ0n) is 18.1. The Kier molecular flexibility index (Phi) is 6.06. The summed E-state index contributed by atoms with van der Waals surface area (Å²) in [6, 6.07) is 7.56. The topological polar surface area (TPSA) is 88.8 Å². The Hall–Kier alpha value is -3.55. The minimum Gasteiger partial charge on any atom is -0.329 e. The first-order valence-corrected chi connectivity index (χ1v) is 10.5. The van der Waals surface area contributed by atoms with Crippen molar-refractivity contribution in [2.75, 3.05) is 11.9 Å². The highest BCUT2D eigenvalue weighted by Crippen LogP contribution is 2.30. The number of carbonyl (C=O) groups is 1. The van der Waals surface area contributed by atoms with E-state index in [4.69, 9.17) is 4.98 Å². The fraction of sp³-hybridized carbons (Fsp3) is 0.348. The third-order valence-corrected chi connectivity index (χ3v) is 5.24. The fourth-order valence-electron chi connectivity index (χ4n) is 3.80. The molecule has 3 aromatic rings. The molecule has 4 heterocycles. The number of likely N-dealkylation sites (tertiary alicyclic amines) is 1. The average molecular weight is 418 g/mol. The molecule has 0 bridgehead atoms.